The highest BCUT2D eigenvalue weighted by Gasteiger charge is 2.06. The number of nitrogens with one attached hydrogen (secondary N) is 2. The Bertz CT molecular complexity index is 929. The van der Waals surface area contributed by atoms with Crippen molar-refractivity contribution in [3.05, 3.63) is 83.4 Å². The molecule has 0 amide bonds. The number of benzene rings is 2. The summed E-state index contributed by atoms with van der Waals surface area (Å²) in [4.78, 5) is 4.28. The van der Waals surface area contributed by atoms with E-state index in [-0.39, 0.29) is 29.8 Å². The molecule has 0 saturated carbocycles. The van der Waals surface area contributed by atoms with Crippen LogP contribution in [0.3, 0.4) is 0 Å². The minimum absolute atomic E-state index is 0. The zero-order valence-electron chi connectivity index (χ0n) is 17.1. The smallest absolute Gasteiger partial charge is 0.191 e. The first-order chi connectivity index (χ1) is 14.2. The Morgan fingerprint density at radius 3 is 2.60 bits per heavy atom. The Labute approximate surface area is 198 Å². The number of halogens is 2. The maximum Gasteiger partial charge on any atom is 0.191 e. The third-order valence-corrected chi connectivity index (χ3v) is 5.15. The second-order valence-corrected chi connectivity index (χ2v) is 7.43. The number of hydrogen-bond acceptors (Lipinski definition) is 3. The molecule has 5 nitrogen and oxygen atoms in total. The van der Waals surface area contributed by atoms with Gasteiger partial charge in [-0.1, -0.05) is 18.2 Å². The van der Waals surface area contributed by atoms with E-state index >= 15 is 0 Å². The quantitative estimate of drug-likeness (QED) is 0.253. The zero-order valence-corrected chi connectivity index (χ0v) is 20.3. The summed E-state index contributed by atoms with van der Waals surface area (Å²) < 4.78 is 15.3. The van der Waals surface area contributed by atoms with Crippen molar-refractivity contribution in [2.45, 2.75) is 18.7 Å². The first-order valence-corrected chi connectivity index (χ1v) is 10.9. The molecule has 0 spiro atoms. The summed E-state index contributed by atoms with van der Waals surface area (Å²) in [5.41, 5.74) is 4.38. The van der Waals surface area contributed by atoms with Crippen LogP contribution in [0.4, 0.5) is 4.39 Å². The minimum atomic E-state index is -0.195. The Kier molecular flexibility index (Phi) is 10.2. The highest BCUT2D eigenvalue weighted by atomic mass is 127. The van der Waals surface area contributed by atoms with Crippen molar-refractivity contribution in [2.75, 3.05) is 19.8 Å². The van der Waals surface area contributed by atoms with Crippen molar-refractivity contribution in [3.63, 3.8) is 0 Å². The van der Waals surface area contributed by atoms with Gasteiger partial charge in [0, 0.05) is 38.3 Å². The molecule has 30 heavy (non-hydrogen) atoms. The summed E-state index contributed by atoms with van der Waals surface area (Å²) in [5, 5.41) is 10.9. The number of thioether (sulfide) groups is 1. The van der Waals surface area contributed by atoms with Gasteiger partial charge in [0.15, 0.2) is 5.96 Å². The summed E-state index contributed by atoms with van der Waals surface area (Å²) in [6, 6.07) is 15.2. The molecule has 0 aliphatic rings. The summed E-state index contributed by atoms with van der Waals surface area (Å²) in [5.74, 6) is 1.33. The molecule has 160 valence electrons. The minimum Gasteiger partial charge on any atom is -0.356 e. The van der Waals surface area contributed by atoms with Gasteiger partial charge in [-0.15, -0.1) is 24.0 Å². The van der Waals surface area contributed by atoms with Gasteiger partial charge in [-0.2, -0.15) is 16.9 Å². The van der Waals surface area contributed by atoms with Gasteiger partial charge in [-0.3, -0.25) is 4.99 Å². The average molecular weight is 539 g/mol. The fraction of sp³-hybridized carbons (Fsp3) is 0.273. The van der Waals surface area contributed by atoms with Gasteiger partial charge in [0.05, 0.1) is 5.69 Å². The van der Waals surface area contributed by atoms with Gasteiger partial charge < -0.3 is 10.6 Å². The molecule has 8 heteroatoms. The van der Waals surface area contributed by atoms with Crippen molar-refractivity contribution in [1.29, 1.82) is 0 Å². The summed E-state index contributed by atoms with van der Waals surface area (Å²) in [6.07, 6.45) is 6.60. The molecule has 0 aliphatic carbocycles. The van der Waals surface area contributed by atoms with Crippen LogP contribution in [0, 0.1) is 5.82 Å². The molecule has 0 atom stereocenters. The van der Waals surface area contributed by atoms with Gasteiger partial charge in [-0.25, -0.2) is 9.07 Å². The molecule has 1 heterocycles. The number of aromatic nitrogens is 2. The second-order valence-electron chi connectivity index (χ2n) is 6.57. The first-order valence-electron chi connectivity index (χ1n) is 9.49. The maximum atomic E-state index is 13.5. The summed E-state index contributed by atoms with van der Waals surface area (Å²) >= 11 is 1.68. The van der Waals surface area contributed by atoms with Gasteiger partial charge in [0.1, 0.15) is 5.82 Å². The molecule has 2 N–H and O–H groups in total. The third kappa shape index (κ3) is 7.02. The highest BCUT2D eigenvalue weighted by Crippen LogP contribution is 2.16. The lowest BCUT2D eigenvalue weighted by Crippen LogP contribution is -2.38. The van der Waals surface area contributed by atoms with Crippen LogP contribution in [0.15, 0.2) is 65.9 Å². The van der Waals surface area contributed by atoms with E-state index in [0.29, 0.717) is 6.54 Å². The molecular weight excluding hydrogens is 512 g/mol. The standard InChI is InChI=1S/C22H26FN5S.HI/c1-24-22(26-15-18-6-7-20(23)14-19(18)16-29-2)25-12-10-17-4-8-21(9-5-17)28-13-3-11-27-28;/h3-9,11,13-14H,10,12,15-16H2,1-2H3,(H2,24,25,26);1H. The highest BCUT2D eigenvalue weighted by molar-refractivity contribution is 14.0. The fourth-order valence-electron chi connectivity index (χ4n) is 3.02. The second kappa shape index (κ2) is 12.6. The molecule has 0 unspecified atom stereocenters. The number of nitrogens with zero attached hydrogens (tertiary/aromatic N) is 3. The molecule has 0 aliphatic heterocycles. The maximum absolute atomic E-state index is 13.5. The van der Waals surface area contributed by atoms with Crippen LogP contribution in [-0.4, -0.2) is 35.6 Å². The molecule has 0 radical (unpaired) electrons. The predicted molar refractivity (Wildman–Crippen MR) is 135 cm³/mol. The summed E-state index contributed by atoms with van der Waals surface area (Å²) in [6.45, 7) is 1.37. The molecule has 2 aromatic carbocycles. The van der Waals surface area contributed by atoms with Crippen LogP contribution < -0.4 is 10.6 Å². The van der Waals surface area contributed by atoms with Gasteiger partial charge in [-0.05, 0) is 59.7 Å². The third-order valence-electron chi connectivity index (χ3n) is 4.55. The molecule has 0 fully saturated rings. The molecule has 1 aromatic heterocycles. The van der Waals surface area contributed by atoms with E-state index in [0.717, 1.165) is 41.5 Å². The number of aliphatic imine (C=N–C) groups is 1. The van der Waals surface area contributed by atoms with Crippen molar-refractivity contribution < 1.29 is 4.39 Å². The van der Waals surface area contributed by atoms with E-state index in [2.05, 4.69) is 45.0 Å². The van der Waals surface area contributed by atoms with Crippen LogP contribution in [0.25, 0.3) is 5.69 Å². The van der Waals surface area contributed by atoms with Crippen LogP contribution in [-0.2, 0) is 18.7 Å². The van der Waals surface area contributed by atoms with Crippen LogP contribution in [0.2, 0.25) is 0 Å². The largest absolute Gasteiger partial charge is 0.356 e. The lowest BCUT2D eigenvalue weighted by molar-refractivity contribution is 0.625. The van der Waals surface area contributed by atoms with E-state index in [1.54, 1.807) is 31.1 Å². The molecule has 3 rings (SSSR count). The monoisotopic (exact) mass is 539 g/mol. The molecular formula is C22H27FIN5S. The van der Waals surface area contributed by atoms with Crippen molar-refractivity contribution >= 4 is 41.7 Å². The Hall–Kier alpha value is -2.07. The van der Waals surface area contributed by atoms with Crippen molar-refractivity contribution in [1.82, 2.24) is 20.4 Å². The van der Waals surface area contributed by atoms with Gasteiger partial charge >= 0.3 is 0 Å². The van der Waals surface area contributed by atoms with E-state index < -0.39 is 0 Å². The number of rotatable bonds is 8. The predicted octanol–water partition coefficient (Wildman–Crippen LogP) is 4.40. The Morgan fingerprint density at radius 1 is 1.13 bits per heavy atom. The van der Waals surface area contributed by atoms with Crippen LogP contribution >= 0.6 is 35.7 Å². The lowest BCUT2D eigenvalue weighted by Gasteiger charge is -2.14. The van der Waals surface area contributed by atoms with Crippen molar-refractivity contribution in [2.24, 2.45) is 4.99 Å². The number of guanidine groups is 1. The topological polar surface area (TPSA) is 54.2 Å². The van der Waals surface area contributed by atoms with Crippen molar-refractivity contribution in [3.8, 4) is 5.69 Å². The molecule has 3 aromatic rings. The average Bonchev–Trinajstić information content (AvgIpc) is 3.27. The zero-order chi connectivity index (χ0) is 20.5. The van der Waals surface area contributed by atoms with Crippen LogP contribution in [0.5, 0.6) is 0 Å². The molecule has 0 bridgehead atoms. The SMILES string of the molecule is CN=C(NCCc1ccc(-n2cccn2)cc1)NCc1ccc(F)cc1CSC.I. The van der Waals surface area contributed by atoms with E-state index in [1.807, 2.05) is 29.3 Å². The van der Waals surface area contributed by atoms with Gasteiger partial charge in [0.25, 0.3) is 0 Å². The fourth-order valence-corrected chi connectivity index (χ4v) is 3.60. The first kappa shape index (κ1) is 24.2. The van der Waals surface area contributed by atoms with E-state index in [1.165, 1.54) is 11.6 Å². The van der Waals surface area contributed by atoms with E-state index in [9.17, 15) is 4.39 Å². The summed E-state index contributed by atoms with van der Waals surface area (Å²) in [7, 11) is 1.75. The Morgan fingerprint density at radius 2 is 1.93 bits per heavy atom. The van der Waals surface area contributed by atoms with E-state index in [4.69, 9.17) is 0 Å². The van der Waals surface area contributed by atoms with Gasteiger partial charge in [0.2, 0.25) is 0 Å². The molecule has 0 saturated heterocycles. The van der Waals surface area contributed by atoms with Crippen LogP contribution in [0.1, 0.15) is 16.7 Å². The lowest BCUT2D eigenvalue weighted by atomic mass is 10.1. The normalized spacial score (nSPS) is 11.1. The number of hydrogen-bond donors (Lipinski definition) is 2. The Balaban J connectivity index is 0.00000320.